The number of amides is 1. The Balaban J connectivity index is 1.55. The third kappa shape index (κ3) is 4.05. The molecule has 7 nitrogen and oxygen atoms in total. The van der Waals surface area contributed by atoms with Crippen molar-refractivity contribution in [1.82, 2.24) is 15.1 Å². The Kier molecular flexibility index (Phi) is 5.41. The van der Waals surface area contributed by atoms with Gasteiger partial charge in [0, 0.05) is 36.4 Å². The van der Waals surface area contributed by atoms with Gasteiger partial charge in [0.2, 0.25) is 0 Å². The molecular formula is C22H27N3O4. The summed E-state index contributed by atoms with van der Waals surface area (Å²) >= 11 is 0. The fourth-order valence-electron chi connectivity index (χ4n) is 4.41. The second-order valence-corrected chi connectivity index (χ2v) is 8.24. The summed E-state index contributed by atoms with van der Waals surface area (Å²) in [5.41, 5.74) is 4.26. The van der Waals surface area contributed by atoms with Crippen LogP contribution in [0.25, 0.3) is 5.69 Å². The number of carbonyl (C=O) groups is 2. The van der Waals surface area contributed by atoms with Crippen molar-refractivity contribution in [1.29, 1.82) is 0 Å². The number of aromatic nitrogens is 2. The number of carbonyl (C=O) groups excluding carboxylic acids is 1. The van der Waals surface area contributed by atoms with Crippen molar-refractivity contribution in [2.75, 3.05) is 19.8 Å². The summed E-state index contributed by atoms with van der Waals surface area (Å²) in [5, 5.41) is 16.9. The molecular weight excluding hydrogens is 370 g/mol. The number of carboxylic acids is 1. The van der Waals surface area contributed by atoms with Gasteiger partial charge in [0.1, 0.15) is 0 Å². The zero-order valence-corrected chi connectivity index (χ0v) is 16.7. The largest absolute Gasteiger partial charge is 0.481 e. The summed E-state index contributed by atoms with van der Waals surface area (Å²) in [6.07, 6.45) is 4.07. The molecule has 1 aromatic heterocycles. The molecule has 4 rings (SSSR count). The second kappa shape index (κ2) is 7.99. The molecule has 1 aliphatic carbocycles. The topological polar surface area (TPSA) is 93.5 Å². The average molecular weight is 397 g/mol. The van der Waals surface area contributed by atoms with Crippen LogP contribution in [0.15, 0.2) is 24.3 Å². The zero-order valence-electron chi connectivity index (χ0n) is 16.7. The number of hydrogen-bond acceptors (Lipinski definition) is 4. The van der Waals surface area contributed by atoms with Gasteiger partial charge in [0.15, 0.2) is 5.69 Å². The lowest BCUT2D eigenvalue weighted by Crippen LogP contribution is -2.43. The maximum atomic E-state index is 13.0. The summed E-state index contributed by atoms with van der Waals surface area (Å²) in [6, 6.07) is 8.12. The van der Waals surface area contributed by atoms with Gasteiger partial charge in [-0.1, -0.05) is 17.7 Å². The van der Waals surface area contributed by atoms with Gasteiger partial charge in [-0.3, -0.25) is 9.59 Å². The number of aliphatic carboxylic acids is 1. The molecule has 7 heteroatoms. The summed E-state index contributed by atoms with van der Waals surface area (Å²) in [6.45, 7) is 3.42. The number of nitrogens with zero attached hydrogens (tertiary/aromatic N) is 2. The summed E-state index contributed by atoms with van der Waals surface area (Å²) in [7, 11) is 0. The van der Waals surface area contributed by atoms with E-state index < -0.39 is 11.4 Å². The van der Waals surface area contributed by atoms with Gasteiger partial charge in [-0.2, -0.15) is 5.10 Å². The molecule has 2 heterocycles. The van der Waals surface area contributed by atoms with Crippen LogP contribution in [0.2, 0.25) is 0 Å². The molecule has 2 aromatic rings. The SMILES string of the molecule is Cc1ccc(-n2nc(C(=O)NCC3(CC(=O)O)CCOCC3)c3c2CCC3)cc1. The first-order chi connectivity index (χ1) is 14.0. The van der Waals surface area contributed by atoms with Gasteiger partial charge in [-0.15, -0.1) is 0 Å². The van der Waals surface area contributed by atoms with Gasteiger partial charge in [0.05, 0.1) is 12.1 Å². The van der Waals surface area contributed by atoms with E-state index in [-0.39, 0.29) is 12.3 Å². The van der Waals surface area contributed by atoms with Gasteiger partial charge < -0.3 is 15.2 Å². The van der Waals surface area contributed by atoms with Crippen LogP contribution >= 0.6 is 0 Å². The molecule has 0 unspecified atom stereocenters. The number of rotatable bonds is 6. The first kappa shape index (κ1) is 19.6. The minimum atomic E-state index is -0.842. The molecule has 1 aromatic carbocycles. The molecule has 0 spiro atoms. The monoisotopic (exact) mass is 397 g/mol. The molecule has 2 aliphatic rings. The smallest absolute Gasteiger partial charge is 0.303 e. The Morgan fingerprint density at radius 2 is 1.93 bits per heavy atom. The molecule has 2 N–H and O–H groups in total. The van der Waals surface area contributed by atoms with Crippen LogP contribution in [-0.2, 0) is 22.4 Å². The Morgan fingerprint density at radius 1 is 1.21 bits per heavy atom. The highest BCUT2D eigenvalue weighted by molar-refractivity contribution is 5.94. The number of ether oxygens (including phenoxy) is 1. The molecule has 1 aliphatic heterocycles. The van der Waals surface area contributed by atoms with Crippen molar-refractivity contribution in [2.24, 2.45) is 5.41 Å². The fraction of sp³-hybridized carbons (Fsp3) is 0.500. The van der Waals surface area contributed by atoms with E-state index in [1.54, 1.807) is 0 Å². The van der Waals surface area contributed by atoms with Crippen molar-refractivity contribution in [3.05, 3.63) is 46.8 Å². The Bertz CT molecular complexity index is 911. The molecule has 1 amide bonds. The third-order valence-electron chi connectivity index (χ3n) is 6.13. The lowest BCUT2D eigenvalue weighted by Gasteiger charge is -2.36. The van der Waals surface area contributed by atoms with E-state index in [1.165, 1.54) is 5.56 Å². The van der Waals surface area contributed by atoms with Crippen LogP contribution in [0.1, 0.15) is 53.0 Å². The highest BCUT2D eigenvalue weighted by Crippen LogP contribution is 2.34. The maximum Gasteiger partial charge on any atom is 0.303 e. The van der Waals surface area contributed by atoms with E-state index in [9.17, 15) is 14.7 Å². The standard InChI is InChI=1S/C22H27N3O4/c1-15-5-7-16(8-6-15)25-18-4-2-3-17(18)20(24-25)21(28)23-14-22(13-19(26)27)9-11-29-12-10-22/h5-8H,2-4,9-14H2,1H3,(H,23,28)(H,26,27). The molecule has 0 atom stereocenters. The molecule has 154 valence electrons. The first-order valence-electron chi connectivity index (χ1n) is 10.2. The minimum absolute atomic E-state index is 0.0343. The van der Waals surface area contributed by atoms with E-state index in [0.29, 0.717) is 38.3 Å². The zero-order chi connectivity index (χ0) is 20.4. The summed E-state index contributed by atoms with van der Waals surface area (Å²) < 4.78 is 7.28. The summed E-state index contributed by atoms with van der Waals surface area (Å²) in [5.74, 6) is -1.06. The van der Waals surface area contributed by atoms with Crippen LogP contribution in [0, 0.1) is 12.3 Å². The van der Waals surface area contributed by atoms with Gasteiger partial charge in [-0.25, -0.2) is 4.68 Å². The normalized spacial score (nSPS) is 17.7. The van der Waals surface area contributed by atoms with Crippen LogP contribution in [-0.4, -0.2) is 46.5 Å². The first-order valence-corrected chi connectivity index (χ1v) is 10.2. The minimum Gasteiger partial charge on any atom is -0.481 e. The molecule has 0 bridgehead atoms. The Morgan fingerprint density at radius 3 is 2.62 bits per heavy atom. The lowest BCUT2D eigenvalue weighted by atomic mass is 9.77. The number of benzene rings is 1. The predicted molar refractivity (Wildman–Crippen MR) is 107 cm³/mol. The maximum absolute atomic E-state index is 13.0. The van der Waals surface area contributed by atoms with Crippen LogP contribution in [0.3, 0.4) is 0 Å². The molecule has 0 saturated carbocycles. The quantitative estimate of drug-likeness (QED) is 0.782. The fourth-order valence-corrected chi connectivity index (χ4v) is 4.41. The number of carboxylic acid groups (broad SMARTS) is 1. The van der Waals surface area contributed by atoms with Gasteiger partial charge in [0.25, 0.3) is 5.91 Å². The van der Waals surface area contributed by atoms with E-state index in [2.05, 4.69) is 10.4 Å². The van der Waals surface area contributed by atoms with Crippen LogP contribution < -0.4 is 5.32 Å². The van der Waals surface area contributed by atoms with Crippen molar-refractivity contribution in [3.63, 3.8) is 0 Å². The van der Waals surface area contributed by atoms with Crippen molar-refractivity contribution in [2.45, 2.75) is 45.4 Å². The highest BCUT2D eigenvalue weighted by atomic mass is 16.5. The molecule has 1 saturated heterocycles. The Labute approximate surface area is 170 Å². The van der Waals surface area contributed by atoms with E-state index >= 15 is 0 Å². The molecule has 1 fully saturated rings. The molecule has 0 radical (unpaired) electrons. The van der Waals surface area contributed by atoms with Gasteiger partial charge >= 0.3 is 5.97 Å². The number of nitrogens with one attached hydrogen (secondary N) is 1. The summed E-state index contributed by atoms with van der Waals surface area (Å²) in [4.78, 5) is 24.4. The Hall–Kier alpha value is -2.67. The van der Waals surface area contributed by atoms with Crippen LogP contribution in [0.5, 0.6) is 0 Å². The van der Waals surface area contributed by atoms with Gasteiger partial charge in [-0.05, 0) is 51.2 Å². The van der Waals surface area contributed by atoms with E-state index in [0.717, 1.165) is 36.2 Å². The lowest BCUT2D eigenvalue weighted by molar-refractivity contribution is -0.141. The average Bonchev–Trinajstić information content (AvgIpc) is 3.30. The van der Waals surface area contributed by atoms with E-state index in [4.69, 9.17) is 4.74 Å². The number of aryl methyl sites for hydroxylation is 1. The predicted octanol–water partition coefficient (Wildman–Crippen LogP) is 2.67. The highest BCUT2D eigenvalue weighted by Gasteiger charge is 2.36. The third-order valence-corrected chi connectivity index (χ3v) is 6.13. The van der Waals surface area contributed by atoms with E-state index in [1.807, 2.05) is 35.9 Å². The number of hydrogen-bond donors (Lipinski definition) is 2. The second-order valence-electron chi connectivity index (χ2n) is 8.24. The van der Waals surface area contributed by atoms with Crippen molar-refractivity contribution >= 4 is 11.9 Å². The van der Waals surface area contributed by atoms with Crippen molar-refractivity contribution in [3.8, 4) is 5.69 Å². The van der Waals surface area contributed by atoms with Crippen LogP contribution in [0.4, 0.5) is 0 Å². The molecule has 29 heavy (non-hydrogen) atoms. The number of fused-ring (bicyclic) bond motifs is 1. The van der Waals surface area contributed by atoms with Crippen molar-refractivity contribution < 1.29 is 19.4 Å².